The molecular formula is C16H18N2O3S. The summed E-state index contributed by atoms with van der Waals surface area (Å²) < 4.78 is 4.97. The van der Waals surface area contributed by atoms with Gasteiger partial charge in [0.15, 0.2) is 5.13 Å². The molecule has 0 fully saturated rings. The molecule has 0 saturated heterocycles. The molecule has 5 nitrogen and oxygen atoms in total. The zero-order valence-electron chi connectivity index (χ0n) is 13.0. The summed E-state index contributed by atoms with van der Waals surface area (Å²) in [5.41, 5.74) is 3.06. The van der Waals surface area contributed by atoms with Gasteiger partial charge in [0.05, 0.1) is 12.3 Å². The predicted molar refractivity (Wildman–Crippen MR) is 86.7 cm³/mol. The van der Waals surface area contributed by atoms with E-state index in [1.165, 1.54) is 0 Å². The van der Waals surface area contributed by atoms with Gasteiger partial charge in [0.1, 0.15) is 4.88 Å². The Hall–Kier alpha value is -2.21. The fourth-order valence-electron chi connectivity index (χ4n) is 1.98. The number of esters is 1. The van der Waals surface area contributed by atoms with E-state index in [4.69, 9.17) is 4.74 Å². The third-order valence-corrected chi connectivity index (χ3v) is 4.17. The van der Waals surface area contributed by atoms with Crippen molar-refractivity contribution >= 4 is 28.3 Å². The lowest BCUT2D eigenvalue weighted by Gasteiger charge is -2.06. The summed E-state index contributed by atoms with van der Waals surface area (Å²) in [6.07, 6.45) is 0. The monoisotopic (exact) mass is 318 g/mol. The number of aromatic nitrogens is 1. The van der Waals surface area contributed by atoms with Crippen LogP contribution in [0.3, 0.4) is 0 Å². The number of benzene rings is 1. The molecule has 0 aliphatic carbocycles. The molecule has 6 heteroatoms. The standard InChI is InChI=1S/C16H18N2O3S/c1-5-21-15(20)13-11(4)17-16(22-13)18-14(19)12-8-9(2)6-7-10(12)3/h6-8H,5H2,1-4H3,(H,17,18,19). The first-order chi connectivity index (χ1) is 10.4. The number of amides is 1. The summed E-state index contributed by atoms with van der Waals surface area (Å²) in [5, 5.41) is 3.14. The Morgan fingerprint density at radius 2 is 2.00 bits per heavy atom. The smallest absolute Gasteiger partial charge is 0.350 e. The summed E-state index contributed by atoms with van der Waals surface area (Å²) in [6, 6.07) is 5.69. The number of anilines is 1. The Labute approximate surface area is 133 Å². The van der Waals surface area contributed by atoms with Crippen molar-refractivity contribution in [2.45, 2.75) is 27.7 Å². The molecule has 0 aliphatic rings. The highest BCUT2D eigenvalue weighted by Crippen LogP contribution is 2.24. The van der Waals surface area contributed by atoms with Crippen LogP contribution in [0.4, 0.5) is 5.13 Å². The van der Waals surface area contributed by atoms with Crippen molar-refractivity contribution < 1.29 is 14.3 Å². The minimum Gasteiger partial charge on any atom is -0.462 e. The molecule has 116 valence electrons. The van der Waals surface area contributed by atoms with E-state index in [0.717, 1.165) is 22.5 Å². The van der Waals surface area contributed by atoms with E-state index in [0.29, 0.717) is 27.9 Å². The van der Waals surface area contributed by atoms with Gasteiger partial charge in [0.2, 0.25) is 0 Å². The number of carbonyl (C=O) groups is 2. The van der Waals surface area contributed by atoms with Crippen LogP contribution in [0.5, 0.6) is 0 Å². The second-order valence-corrected chi connectivity index (χ2v) is 5.93. The van der Waals surface area contributed by atoms with Crippen LogP contribution >= 0.6 is 11.3 Å². The molecule has 22 heavy (non-hydrogen) atoms. The van der Waals surface area contributed by atoms with Crippen molar-refractivity contribution in [2.75, 3.05) is 11.9 Å². The van der Waals surface area contributed by atoms with Gasteiger partial charge in [0.25, 0.3) is 5.91 Å². The van der Waals surface area contributed by atoms with Gasteiger partial charge in [0, 0.05) is 5.56 Å². The molecule has 0 bridgehead atoms. The number of thiazole rings is 1. The van der Waals surface area contributed by atoms with Gasteiger partial charge < -0.3 is 4.74 Å². The van der Waals surface area contributed by atoms with Gasteiger partial charge >= 0.3 is 5.97 Å². The zero-order chi connectivity index (χ0) is 16.3. The topological polar surface area (TPSA) is 68.3 Å². The van der Waals surface area contributed by atoms with E-state index in [-0.39, 0.29) is 5.91 Å². The number of carbonyl (C=O) groups excluding carboxylic acids is 2. The Kier molecular flexibility index (Phi) is 4.92. The van der Waals surface area contributed by atoms with Crippen molar-refractivity contribution in [1.82, 2.24) is 4.98 Å². The summed E-state index contributed by atoms with van der Waals surface area (Å²) in [6.45, 7) is 7.59. The van der Waals surface area contributed by atoms with E-state index in [1.54, 1.807) is 13.8 Å². The molecule has 0 saturated carbocycles. The normalized spacial score (nSPS) is 10.4. The van der Waals surface area contributed by atoms with Crippen molar-refractivity contribution in [3.8, 4) is 0 Å². The van der Waals surface area contributed by atoms with Crippen LogP contribution in [-0.4, -0.2) is 23.5 Å². The van der Waals surface area contributed by atoms with E-state index in [9.17, 15) is 9.59 Å². The van der Waals surface area contributed by atoms with Crippen molar-refractivity contribution in [3.05, 3.63) is 45.5 Å². The Morgan fingerprint density at radius 3 is 2.68 bits per heavy atom. The second-order valence-electron chi connectivity index (χ2n) is 4.93. The van der Waals surface area contributed by atoms with Gasteiger partial charge in [-0.1, -0.05) is 29.0 Å². The van der Waals surface area contributed by atoms with Crippen LogP contribution in [0, 0.1) is 20.8 Å². The maximum Gasteiger partial charge on any atom is 0.350 e. The highest BCUT2D eigenvalue weighted by molar-refractivity contribution is 7.17. The first-order valence-corrected chi connectivity index (χ1v) is 7.77. The van der Waals surface area contributed by atoms with Crippen LogP contribution in [0.2, 0.25) is 0 Å². The molecule has 0 spiro atoms. The fraction of sp³-hybridized carbons (Fsp3) is 0.312. The SMILES string of the molecule is CCOC(=O)c1sc(NC(=O)c2cc(C)ccc2C)nc1C. The van der Waals surface area contributed by atoms with Crippen LogP contribution in [0.15, 0.2) is 18.2 Å². The molecule has 2 rings (SSSR count). The molecule has 1 amide bonds. The van der Waals surface area contributed by atoms with E-state index >= 15 is 0 Å². The van der Waals surface area contributed by atoms with Crippen LogP contribution < -0.4 is 5.32 Å². The second kappa shape index (κ2) is 6.70. The van der Waals surface area contributed by atoms with Crippen molar-refractivity contribution in [1.29, 1.82) is 0 Å². The molecule has 1 aromatic heterocycles. The maximum absolute atomic E-state index is 12.3. The predicted octanol–water partition coefficient (Wildman–Crippen LogP) is 3.50. The highest BCUT2D eigenvalue weighted by Gasteiger charge is 2.18. The van der Waals surface area contributed by atoms with E-state index in [2.05, 4.69) is 10.3 Å². The van der Waals surface area contributed by atoms with Crippen LogP contribution in [0.1, 0.15) is 43.8 Å². The fourth-order valence-corrected chi connectivity index (χ4v) is 2.84. The van der Waals surface area contributed by atoms with Crippen LogP contribution in [0.25, 0.3) is 0 Å². The highest BCUT2D eigenvalue weighted by atomic mass is 32.1. The third kappa shape index (κ3) is 3.51. The summed E-state index contributed by atoms with van der Waals surface area (Å²) in [4.78, 5) is 28.7. The number of hydrogen-bond donors (Lipinski definition) is 1. The van der Waals surface area contributed by atoms with E-state index in [1.807, 2.05) is 32.0 Å². The molecule has 1 heterocycles. The van der Waals surface area contributed by atoms with Gasteiger partial charge in [-0.25, -0.2) is 9.78 Å². The molecule has 0 unspecified atom stereocenters. The largest absolute Gasteiger partial charge is 0.462 e. The summed E-state index contributed by atoms with van der Waals surface area (Å²) >= 11 is 1.12. The van der Waals surface area contributed by atoms with Crippen LogP contribution in [-0.2, 0) is 4.74 Å². The van der Waals surface area contributed by atoms with E-state index < -0.39 is 5.97 Å². The molecule has 2 aromatic rings. The van der Waals surface area contributed by atoms with Crippen molar-refractivity contribution in [3.63, 3.8) is 0 Å². The van der Waals surface area contributed by atoms with Gasteiger partial charge in [-0.2, -0.15) is 0 Å². The number of nitrogens with one attached hydrogen (secondary N) is 1. The Balaban J connectivity index is 2.20. The molecule has 1 aromatic carbocycles. The Bertz CT molecular complexity index is 722. The number of rotatable bonds is 4. The minimum absolute atomic E-state index is 0.231. The lowest BCUT2D eigenvalue weighted by Crippen LogP contribution is -2.13. The summed E-state index contributed by atoms with van der Waals surface area (Å²) in [5.74, 6) is -0.643. The molecular weight excluding hydrogens is 300 g/mol. The first-order valence-electron chi connectivity index (χ1n) is 6.95. The number of aryl methyl sites for hydroxylation is 3. The Morgan fingerprint density at radius 1 is 1.27 bits per heavy atom. The molecule has 0 aliphatic heterocycles. The average Bonchev–Trinajstić information content (AvgIpc) is 2.82. The summed E-state index contributed by atoms with van der Waals surface area (Å²) in [7, 11) is 0. The number of hydrogen-bond acceptors (Lipinski definition) is 5. The van der Waals surface area contributed by atoms with Gasteiger partial charge in [-0.15, -0.1) is 0 Å². The molecule has 0 atom stereocenters. The number of nitrogens with zero attached hydrogens (tertiary/aromatic N) is 1. The van der Waals surface area contributed by atoms with Gasteiger partial charge in [-0.3, -0.25) is 10.1 Å². The quantitative estimate of drug-likeness (QED) is 0.876. The molecule has 1 N–H and O–H groups in total. The lowest BCUT2D eigenvalue weighted by molar-refractivity contribution is 0.0531. The lowest BCUT2D eigenvalue weighted by atomic mass is 10.1. The minimum atomic E-state index is -0.412. The average molecular weight is 318 g/mol. The first kappa shape index (κ1) is 16.2. The molecule has 0 radical (unpaired) electrons. The zero-order valence-corrected chi connectivity index (χ0v) is 13.8. The maximum atomic E-state index is 12.3. The third-order valence-electron chi connectivity index (χ3n) is 3.12. The van der Waals surface area contributed by atoms with Crippen molar-refractivity contribution in [2.24, 2.45) is 0 Å². The van der Waals surface area contributed by atoms with Gasteiger partial charge in [-0.05, 0) is 39.3 Å². The number of ether oxygens (including phenoxy) is 1.